The van der Waals surface area contributed by atoms with Crippen molar-refractivity contribution in [3.63, 3.8) is 0 Å². The van der Waals surface area contributed by atoms with Gasteiger partial charge in [0.05, 0.1) is 5.69 Å². The molecule has 0 amide bonds. The van der Waals surface area contributed by atoms with Gasteiger partial charge in [0.1, 0.15) is 11.4 Å². The molecule has 106 valence electrons. The highest BCUT2D eigenvalue weighted by Crippen LogP contribution is 2.18. The lowest BCUT2D eigenvalue weighted by Crippen LogP contribution is -2.34. The summed E-state index contributed by atoms with van der Waals surface area (Å²) in [4.78, 5) is 13.6. The van der Waals surface area contributed by atoms with Crippen molar-refractivity contribution in [2.75, 3.05) is 31.5 Å². The molecule has 0 aromatic carbocycles. The van der Waals surface area contributed by atoms with Crippen molar-refractivity contribution in [3.8, 4) is 0 Å². The van der Waals surface area contributed by atoms with Gasteiger partial charge in [-0.2, -0.15) is 5.10 Å². The Hall–Kier alpha value is -1.56. The summed E-state index contributed by atoms with van der Waals surface area (Å²) in [6, 6.07) is 0. The Balaban J connectivity index is 1.93. The van der Waals surface area contributed by atoms with Gasteiger partial charge in [-0.15, -0.1) is 0 Å². The van der Waals surface area contributed by atoms with Gasteiger partial charge in [-0.1, -0.05) is 6.42 Å². The van der Waals surface area contributed by atoms with Crippen LogP contribution >= 0.6 is 0 Å². The Morgan fingerprint density at radius 1 is 1.37 bits per heavy atom. The van der Waals surface area contributed by atoms with Crippen molar-refractivity contribution in [3.05, 3.63) is 11.3 Å². The molecule has 1 fully saturated rings. The van der Waals surface area contributed by atoms with Crippen molar-refractivity contribution >= 4 is 11.8 Å². The van der Waals surface area contributed by atoms with E-state index in [1.54, 1.807) is 18.7 Å². The summed E-state index contributed by atoms with van der Waals surface area (Å²) in [7, 11) is 1.77. The van der Waals surface area contributed by atoms with E-state index in [4.69, 9.17) is 0 Å². The van der Waals surface area contributed by atoms with Crippen molar-refractivity contribution in [2.24, 2.45) is 7.05 Å². The summed E-state index contributed by atoms with van der Waals surface area (Å²) in [5, 5.41) is 16.6. The molecule has 6 heteroatoms. The minimum Gasteiger partial charge on any atom is -0.477 e. The van der Waals surface area contributed by atoms with Crippen LogP contribution in [0.4, 0.5) is 5.82 Å². The second-order valence-corrected chi connectivity index (χ2v) is 5.07. The normalized spacial score (nSPS) is 16.5. The largest absolute Gasteiger partial charge is 0.477 e. The molecule has 2 rings (SSSR count). The SMILES string of the molecule is Cc1nn(C)c(NCCN2CCCCC2)c1C(=O)O. The van der Waals surface area contributed by atoms with Crippen LogP contribution in [0.5, 0.6) is 0 Å². The number of carboxylic acid groups (broad SMARTS) is 1. The number of aryl methyl sites for hydroxylation is 2. The molecule has 0 spiro atoms. The highest BCUT2D eigenvalue weighted by molar-refractivity contribution is 5.94. The maximum absolute atomic E-state index is 11.2. The lowest BCUT2D eigenvalue weighted by atomic mass is 10.1. The zero-order valence-corrected chi connectivity index (χ0v) is 11.6. The van der Waals surface area contributed by atoms with Crippen molar-refractivity contribution < 1.29 is 9.90 Å². The first-order chi connectivity index (χ1) is 9.09. The van der Waals surface area contributed by atoms with E-state index in [0.29, 0.717) is 11.5 Å². The van der Waals surface area contributed by atoms with E-state index in [-0.39, 0.29) is 5.56 Å². The summed E-state index contributed by atoms with van der Waals surface area (Å²) >= 11 is 0. The van der Waals surface area contributed by atoms with Gasteiger partial charge in [0.25, 0.3) is 0 Å². The number of rotatable bonds is 5. The van der Waals surface area contributed by atoms with Gasteiger partial charge in [-0.3, -0.25) is 4.68 Å². The van der Waals surface area contributed by atoms with Gasteiger partial charge in [0, 0.05) is 20.1 Å². The first-order valence-electron chi connectivity index (χ1n) is 6.82. The molecule has 0 saturated carbocycles. The number of carboxylic acids is 1. The van der Waals surface area contributed by atoms with Crippen molar-refractivity contribution in [1.29, 1.82) is 0 Å². The first kappa shape index (κ1) is 13.9. The minimum absolute atomic E-state index is 0.279. The highest BCUT2D eigenvalue weighted by atomic mass is 16.4. The third-order valence-electron chi connectivity index (χ3n) is 3.61. The molecule has 19 heavy (non-hydrogen) atoms. The molecule has 1 aromatic heterocycles. The number of piperidine rings is 1. The summed E-state index contributed by atoms with van der Waals surface area (Å²) in [6.07, 6.45) is 3.87. The van der Waals surface area contributed by atoms with E-state index in [0.717, 1.165) is 26.2 Å². The zero-order chi connectivity index (χ0) is 13.8. The average molecular weight is 266 g/mol. The highest BCUT2D eigenvalue weighted by Gasteiger charge is 2.19. The maximum Gasteiger partial charge on any atom is 0.341 e. The third kappa shape index (κ3) is 3.26. The molecule has 0 atom stereocenters. The average Bonchev–Trinajstić information content (AvgIpc) is 2.65. The maximum atomic E-state index is 11.2. The molecule has 1 aromatic rings. The number of aromatic carboxylic acids is 1. The Morgan fingerprint density at radius 3 is 2.68 bits per heavy atom. The fourth-order valence-electron chi connectivity index (χ4n) is 2.63. The number of likely N-dealkylation sites (tertiary alicyclic amines) is 1. The number of nitrogens with one attached hydrogen (secondary N) is 1. The van der Waals surface area contributed by atoms with Crippen LogP contribution in [0.2, 0.25) is 0 Å². The van der Waals surface area contributed by atoms with Gasteiger partial charge in [-0.25, -0.2) is 4.79 Å². The van der Waals surface area contributed by atoms with Crippen LogP contribution in [0.15, 0.2) is 0 Å². The topological polar surface area (TPSA) is 70.4 Å². The smallest absolute Gasteiger partial charge is 0.341 e. The molecular formula is C13H22N4O2. The Morgan fingerprint density at radius 2 is 2.05 bits per heavy atom. The molecule has 0 unspecified atom stereocenters. The van der Waals surface area contributed by atoms with E-state index < -0.39 is 5.97 Å². The summed E-state index contributed by atoms with van der Waals surface area (Å²) in [5.74, 6) is -0.326. The van der Waals surface area contributed by atoms with Gasteiger partial charge >= 0.3 is 5.97 Å². The Labute approximate surface area is 113 Å². The van der Waals surface area contributed by atoms with E-state index >= 15 is 0 Å². The quantitative estimate of drug-likeness (QED) is 0.841. The van der Waals surface area contributed by atoms with Crippen LogP contribution < -0.4 is 5.32 Å². The first-order valence-corrected chi connectivity index (χ1v) is 6.82. The monoisotopic (exact) mass is 266 g/mol. The van der Waals surface area contributed by atoms with E-state index in [1.165, 1.54) is 19.3 Å². The predicted octanol–water partition coefficient (Wildman–Crippen LogP) is 1.32. The molecule has 1 saturated heterocycles. The van der Waals surface area contributed by atoms with Crippen LogP contribution in [-0.2, 0) is 7.05 Å². The zero-order valence-electron chi connectivity index (χ0n) is 11.6. The molecule has 0 radical (unpaired) electrons. The molecular weight excluding hydrogens is 244 g/mol. The van der Waals surface area contributed by atoms with E-state index in [9.17, 15) is 9.90 Å². The fraction of sp³-hybridized carbons (Fsp3) is 0.692. The number of carbonyl (C=O) groups is 1. The second kappa shape index (κ2) is 6.06. The van der Waals surface area contributed by atoms with Crippen LogP contribution in [0.3, 0.4) is 0 Å². The number of hydrogen-bond acceptors (Lipinski definition) is 4. The van der Waals surface area contributed by atoms with Gasteiger partial charge in [0.15, 0.2) is 0 Å². The number of hydrogen-bond donors (Lipinski definition) is 2. The van der Waals surface area contributed by atoms with Crippen LogP contribution in [0.25, 0.3) is 0 Å². The van der Waals surface area contributed by atoms with Crippen molar-refractivity contribution in [2.45, 2.75) is 26.2 Å². The summed E-state index contributed by atoms with van der Waals surface area (Å²) < 4.78 is 1.61. The molecule has 6 nitrogen and oxygen atoms in total. The molecule has 0 aliphatic carbocycles. The van der Waals surface area contributed by atoms with E-state index in [1.807, 2.05) is 0 Å². The molecule has 2 heterocycles. The van der Waals surface area contributed by atoms with Gasteiger partial charge in [0.2, 0.25) is 0 Å². The number of aromatic nitrogens is 2. The fourth-order valence-corrected chi connectivity index (χ4v) is 2.63. The molecule has 2 N–H and O–H groups in total. The summed E-state index contributed by atoms with van der Waals surface area (Å²) in [6.45, 7) is 5.72. The minimum atomic E-state index is -0.925. The van der Waals surface area contributed by atoms with Gasteiger partial charge in [-0.05, 0) is 32.9 Å². The predicted molar refractivity (Wildman–Crippen MR) is 73.7 cm³/mol. The molecule has 1 aliphatic rings. The van der Waals surface area contributed by atoms with Crippen LogP contribution in [-0.4, -0.2) is 51.9 Å². The van der Waals surface area contributed by atoms with Crippen molar-refractivity contribution in [1.82, 2.24) is 14.7 Å². The second-order valence-electron chi connectivity index (χ2n) is 5.07. The molecule has 0 bridgehead atoms. The lowest BCUT2D eigenvalue weighted by molar-refractivity contribution is 0.0697. The van der Waals surface area contributed by atoms with Crippen LogP contribution in [0, 0.1) is 6.92 Å². The Bertz CT molecular complexity index is 450. The Kier molecular flexibility index (Phi) is 4.42. The lowest BCUT2D eigenvalue weighted by Gasteiger charge is -2.26. The van der Waals surface area contributed by atoms with E-state index in [2.05, 4.69) is 15.3 Å². The summed E-state index contributed by atoms with van der Waals surface area (Å²) in [5.41, 5.74) is 0.830. The number of anilines is 1. The van der Waals surface area contributed by atoms with Gasteiger partial charge < -0.3 is 15.3 Å². The number of nitrogens with zero attached hydrogens (tertiary/aromatic N) is 3. The molecule has 1 aliphatic heterocycles. The van der Waals surface area contributed by atoms with Crippen LogP contribution in [0.1, 0.15) is 35.3 Å². The standard InChI is InChI=1S/C13H22N4O2/c1-10-11(13(18)19)12(16(2)15-10)14-6-9-17-7-4-3-5-8-17/h14H,3-9H2,1-2H3,(H,18,19). The third-order valence-corrected chi connectivity index (χ3v) is 3.61.